The van der Waals surface area contributed by atoms with Gasteiger partial charge in [-0.3, -0.25) is 9.69 Å². The fourth-order valence-electron chi connectivity index (χ4n) is 4.69. The zero-order chi connectivity index (χ0) is 21.9. The van der Waals surface area contributed by atoms with Gasteiger partial charge in [-0.15, -0.1) is 0 Å². The molecule has 1 amide bonds. The van der Waals surface area contributed by atoms with Crippen LogP contribution in [0.4, 0.5) is 0 Å². The number of hydrogen-bond donors (Lipinski definition) is 0. The summed E-state index contributed by atoms with van der Waals surface area (Å²) in [6.45, 7) is 4.32. The molecule has 0 atom stereocenters. The maximum Gasteiger partial charge on any atom is 0.257 e. The predicted octanol–water partition coefficient (Wildman–Crippen LogP) is 4.72. The molecule has 3 heterocycles. The van der Waals surface area contributed by atoms with Crippen molar-refractivity contribution in [2.75, 3.05) is 33.3 Å². The molecular formula is C26H30N2O4. The Morgan fingerprint density at radius 1 is 1.03 bits per heavy atom. The summed E-state index contributed by atoms with van der Waals surface area (Å²) in [6.07, 6.45) is 4.05. The molecule has 2 aromatic carbocycles. The van der Waals surface area contributed by atoms with Crippen LogP contribution in [0.3, 0.4) is 0 Å². The number of benzene rings is 2. The van der Waals surface area contributed by atoms with Crippen LogP contribution >= 0.6 is 0 Å². The second-order valence-electron chi connectivity index (χ2n) is 8.71. The van der Waals surface area contributed by atoms with E-state index in [9.17, 15) is 4.79 Å². The molecule has 6 nitrogen and oxygen atoms in total. The molecule has 3 aromatic rings. The average molecular weight is 435 g/mol. The Kier molecular flexibility index (Phi) is 6.04. The quantitative estimate of drug-likeness (QED) is 0.562. The van der Waals surface area contributed by atoms with Gasteiger partial charge in [-0.25, -0.2) is 0 Å². The summed E-state index contributed by atoms with van der Waals surface area (Å²) in [5.74, 6) is 2.40. The number of fused-ring (bicyclic) bond motifs is 1. The zero-order valence-electron chi connectivity index (χ0n) is 18.6. The fraction of sp³-hybridized carbons (Fsp3) is 0.423. The van der Waals surface area contributed by atoms with Crippen LogP contribution in [0.2, 0.25) is 0 Å². The first-order chi connectivity index (χ1) is 15.7. The van der Waals surface area contributed by atoms with Crippen molar-refractivity contribution in [2.24, 2.45) is 0 Å². The number of rotatable bonds is 6. The van der Waals surface area contributed by atoms with Gasteiger partial charge in [-0.2, -0.15) is 0 Å². The number of amides is 1. The Hall–Kier alpha value is -2.99. The van der Waals surface area contributed by atoms with Crippen LogP contribution in [0.1, 0.15) is 41.8 Å². The predicted molar refractivity (Wildman–Crippen MR) is 123 cm³/mol. The first-order valence-corrected chi connectivity index (χ1v) is 11.5. The van der Waals surface area contributed by atoms with E-state index in [0.29, 0.717) is 17.1 Å². The molecule has 0 aliphatic carbocycles. The first-order valence-electron chi connectivity index (χ1n) is 11.5. The van der Waals surface area contributed by atoms with Crippen molar-refractivity contribution in [3.63, 3.8) is 0 Å². The number of piperidine rings is 1. The lowest BCUT2D eigenvalue weighted by molar-refractivity contribution is 0.0760. The van der Waals surface area contributed by atoms with Crippen LogP contribution in [-0.2, 0) is 6.54 Å². The molecule has 168 valence electrons. The smallest absolute Gasteiger partial charge is 0.257 e. The van der Waals surface area contributed by atoms with Crippen molar-refractivity contribution in [2.45, 2.75) is 38.3 Å². The molecule has 0 bridgehead atoms. The maximum atomic E-state index is 13.0. The Morgan fingerprint density at radius 2 is 1.81 bits per heavy atom. The summed E-state index contributed by atoms with van der Waals surface area (Å²) in [5, 5.41) is 1.15. The summed E-state index contributed by atoms with van der Waals surface area (Å²) in [4.78, 5) is 17.3. The fourth-order valence-corrected chi connectivity index (χ4v) is 4.69. The molecule has 2 aliphatic heterocycles. The van der Waals surface area contributed by atoms with Crippen LogP contribution in [0.15, 0.2) is 52.9 Å². The average Bonchev–Trinajstić information content (AvgIpc) is 3.49. The van der Waals surface area contributed by atoms with Crippen LogP contribution in [0.25, 0.3) is 11.0 Å². The number of ether oxygens (including phenoxy) is 2. The maximum absolute atomic E-state index is 13.0. The van der Waals surface area contributed by atoms with E-state index in [-0.39, 0.29) is 12.0 Å². The van der Waals surface area contributed by atoms with Crippen LogP contribution in [0, 0.1) is 0 Å². The third-order valence-corrected chi connectivity index (χ3v) is 6.50. The molecule has 0 saturated carbocycles. The number of furan rings is 1. The van der Waals surface area contributed by atoms with Crippen LogP contribution < -0.4 is 9.47 Å². The van der Waals surface area contributed by atoms with Crippen molar-refractivity contribution in [3.8, 4) is 11.5 Å². The standard InChI is InChI=1S/C26H30N2O4/c1-30-21-8-9-23(26(29)28-12-4-5-13-28)25(17-21)31-20-10-14-27(15-11-20)18-22-16-19-6-2-3-7-24(19)32-22/h2-3,6-9,16-17,20H,4-5,10-15,18H2,1H3. The summed E-state index contributed by atoms with van der Waals surface area (Å²) < 4.78 is 17.7. The second kappa shape index (κ2) is 9.25. The molecule has 6 heteroatoms. The van der Waals surface area contributed by atoms with Gasteiger partial charge >= 0.3 is 0 Å². The van der Waals surface area contributed by atoms with Gasteiger partial charge in [0.2, 0.25) is 0 Å². The molecule has 0 N–H and O–H groups in total. The van der Waals surface area contributed by atoms with E-state index in [0.717, 1.165) is 75.1 Å². The molecule has 0 unspecified atom stereocenters. The summed E-state index contributed by atoms with van der Waals surface area (Å²) in [5.41, 5.74) is 1.58. The van der Waals surface area contributed by atoms with E-state index < -0.39 is 0 Å². The third kappa shape index (κ3) is 4.46. The monoisotopic (exact) mass is 434 g/mol. The highest BCUT2D eigenvalue weighted by molar-refractivity contribution is 5.97. The molecule has 0 spiro atoms. The topological polar surface area (TPSA) is 55.1 Å². The zero-order valence-corrected chi connectivity index (χ0v) is 18.6. The Bertz CT molecular complexity index is 1050. The van der Waals surface area contributed by atoms with E-state index in [4.69, 9.17) is 13.9 Å². The summed E-state index contributed by atoms with van der Waals surface area (Å²) in [6, 6.07) is 15.8. The number of likely N-dealkylation sites (tertiary alicyclic amines) is 2. The van der Waals surface area contributed by atoms with Crippen LogP contribution in [-0.4, -0.2) is 55.1 Å². The Labute approximate surface area is 188 Å². The molecule has 2 fully saturated rings. The Morgan fingerprint density at radius 3 is 2.56 bits per heavy atom. The van der Waals surface area contributed by atoms with Gasteiger partial charge in [0.15, 0.2) is 0 Å². The van der Waals surface area contributed by atoms with Crippen molar-refractivity contribution in [1.82, 2.24) is 9.80 Å². The van der Waals surface area contributed by atoms with E-state index in [1.165, 1.54) is 0 Å². The first kappa shape index (κ1) is 20.9. The summed E-state index contributed by atoms with van der Waals surface area (Å²) in [7, 11) is 1.64. The number of hydrogen-bond acceptors (Lipinski definition) is 5. The minimum Gasteiger partial charge on any atom is -0.497 e. The molecule has 0 radical (unpaired) electrons. The number of nitrogens with zero attached hydrogens (tertiary/aromatic N) is 2. The van der Waals surface area contributed by atoms with Gasteiger partial charge in [0.25, 0.3) is 5.91 Å². The number of carbonyl (C=O) groups excluding carboxylic acids is 1. The third-order valence-electron chi connectivity index (χ3n) is 6.50. The largest absolute Gasteiger partial charge is 0.497 e. The summed E-state index contributed by atoms with van der Waals surface area (Å²) >= 11 is 0. The van der Waals surface area contributed by atoms with Crippen LogP contribution in [0.5, 0.6) is 11.5 Å². The highest BCUT2D eigenvalue weighted by Gasteiger charge is 2.26. The van der Waals surface area contributed by atoms with Gasteiger partial charge in [0.1, 0.15) is 28.9 Å². The van der Waals surface area contributed by atoms with E-state index in [1.54, 1.807) is 7.11 Å². The van der Waals surface area contributed by atoms with Gasteiger partial charge < -0.3 is 18.8 Å². The lowest BCUT2D eigenvalue weighted by atomic mass is 10.1. The normalized spacial score (nSPS) is 17.7. The molecule has 2 aliphatic rings. The lowest BCUT2D eigenvalue weighted by Gasteiger charge is -2.32. The highest BCUT2D eigenvalue weighted by atomic mass is 16.5. The Balaban J connectivity index is 1.23. The molecular weight excluding hydrogens is 404 g/mol. The molecule has 32 heavy (non-hydrogen) atoms. The van der Waals surface area contributed by atoms with E-state index in [1.807, 2.05) is 41.3 Å². The van der Waals surface area contributed by atoms with Crippen molar-refractivity contribution >= 4 is 16.9 Å². The number of para-hydroxylation sites is 1. The van der Waals surface area contributed by atoms with Gasteiger partial charge in [-0.1, -0.05) is 18.2 Å². The SMILES string of the molecule is COc1ccc(C(=O)N2CCCC2)c(OC2CCN(Cc3cc4ccccc4o3)CC2)c1. The number of carbonyl (C=O) groups is 1. The molecule has 1 aromatic heterocycles. The second-order valence-corrected chi connectivity index (χ2v) is 8.71. The minimum absolute atomic E-state index is 0.0578. The van der Waals surface area contributed by atoms with Crippen molar-refractivity contribution in [1.29, 1.82) is 0 Å². The molecule has 5 rings (SSSR count). The van der Waals surface area contributed by atoms with E-state index in [2.05, 4.69) is 17.0 Å². The van der Waals surface area contributed by atoms with Crippen molar-refractivity contribution in [3.05, 3.63) is 59.9 Å². The number of methoxy groups -OCH3 is 1. The van der Waals surface area contributed by atoms with Gasteiger partial charge in [-0.05, 0) is 49.9 Å². The van der Waals surface area contributed by atoms with Gasteiger partial charge in [0, 0.05) is 37.6 Å². The van der Waals surface area contributed by atoms with Gasteiger partial charge in [0.05, 0.1) is 19.2 Å². The highest BCUT2D eigenvalue weighted by Crippen LogP contribution is 2.30. The van der Waals surface area contributed by atoms with E-state index >= 15 is 0 Å². The molecule has 2 saturated heterocycles. The minimum atomic E-state index is 0.0578. The van der Waals surface area contributed by atoms with Crippen molar-refractivity contribution < 1.29 is 18.7 Å². The lowest BCUT2D eigenvalue weighted by Crippen LogP contribution is -2.38.